The molecule has 2 saturated heterocycles. The van der Waals surface area contributed by atoms with Gasteiger partial charge in [0, 0.05) is 37.9 Å². The fourth-order valence-electron chi connectivity index (χ4n) is 4.21. The Bertz CT molecular complexity index is 738. The number of nitro groups is 1. The summed E-state index contributed by atoms with van der Waals surface area (Å²) >= 11 is 0. The first-order chi connectivity index (χ1) is 13.7. The molecule has 2 heterocycles. The maximum absolute atomic E-state index is 12.5. The van der Waals surface area contributed by atoms with Crippen LogP contribution in [0.25, 0.3) is 0 Å². The first-order valence-electron chi connectivity index (χ1n) is 10.1. The van der Waals surface area contributed by atoms with E-state index in [0.29, 0.717) is 37.6 Å². The second kappa shape index (κ2) is 9.06. The molecule has 1 aromatic carbocycles. The number of hydrogen-bond acceptors (Lipinski definition) is 7. The van der Waals surface area contributed by atoms with Crippen molar-refractivity contribution < 1.29 is 19.2 Å². The molecule has 0 bridgehead atoms. The molecule has 1 aromatic rings. The van der Waals surface area contributed by atoms with Crippen molar-refractivity contribution >= 4 is 23.0 Å². The number of anilines is 2. The van der Waals surface area contributed by atoms with Gasteiger partial charge in [0.25, 0.3) is 5.69 Å². The number of benzene rings is 1. The number of amides is 1. The van der Waals surface area contributed by atoms with Gasteiger partial charge in [-0.3, -0.25) is 19.8 Å². The molecule has 2 fully saturated rings. The van der Waals surface area contributed by atoms with E-state index >= 15 is 0 Å². The average molecular weight is 406 g/mol. The van der Waals surface area contributed by atoms with Gasteiger partial charge in [0.05, 0.1) is 35.9 Å². The SMILES string of the molecule is C[C@@H]1CN(CC(=O)Nc2ccc(N3C[C@@H](C)O[C@@H](C)C3)c([N+](=O)[O-])c2)C[C@H](C)O1. The Balaban J connectivity index is 1.69. The van der Waals surface area contributed by atoms with E-state index in [9.17, 15) is 14.9 Å². The summed E-state index contributed by atoms with van der Waals surface area (Å²) in [6, 6.07) is 4.86. The van der Waals surface area contributed by atoms with E-state index in [1.54, 1.807) is 12.1 Å². The first kappa shape index (κ1) is 21.5. The topological polar surface area (TPSA) is 97.2 Å². The lowest BCUT2D eigenvalue weighted by molar-refractivity contribution is -0.384. The third-order valence-electron chi connectivity index (χ3n) is 5.08. The van der Waals surface area contributed by atoms with Crippen LogP contribution in [0.5, 0.6) is 0 Å². The minimum atomic E-state index is -0.402. The van der Waals surface area contributed by atoms with E-state index in [1.807, 2.05) is 37.5 Å². The minimum absolute atomic E-state index is 0.00367. The standard InChI is InChI=1S/C20H30N4O5/c1-13-8-22(9-14(2)28-13)12-20(25)21-17-5-6-18(19(7-17)24(26)27)23-10-15(3)29-16(4)11-23/h5-7,13-16H,8-12H2,1-4H3,(H,21,25)/t13-,14+,15-,16+. The molecule has 0 aliphatic carbocycles. The van der Waals surface area contributed by atoms with Crippen LogP contribution in [0.15, 0.2) is 18.2 Å². The summed E-state index contributed by atoms with van der Waals surface area (Å²) in [5.74, 6) is -0.193. The van der Waals surface area contributed by atoms with Crippen LogP contribution in [0.1, 0.15) is 27.7 Å². The molecule has 2 aliphatic heterocycles. The van der Waals surface area contributed by atoms with Crippen molar-refractivity contribution in [3.05, 3.63) is 28.3 Å². The summed E-state index contributed by atoms with van der Waals surface area (Å²) in [7, 11) is 0. The minimum Gasteiger partial charge on any atom is -0.373 e. The van der Waals surface area contributed by atoms with Crippen molar-refractivity contribution in [2.24, 2.45) is 0 Å². The third kappa shape index (κ3) is 5.65. The van der Waals surface area contributed by atoms with Crippen LogP contribution in [0.4, 0.5) is 17.1 Å². The first-order valence-corrected chi connectivity index (χ1v) is 10.1. The number of rotatable bonds is 5. The largest absolute Gasteiger partial charge is 0.373 e. The lowest BCUT2D eigenvalue weighted by Gasteiger charge is -2.36. The summed E-state index contributed by atoms with van der Waals surface area (Å²) in [6.07, 6.45) is 0.141. The number of morpholine rings is 2. The molecule has 0 spiro atoms. The predicted molar refractivity (Wildman–Crippen MR) is 110 cm³/mol. The van der Waals surface area contributed by atoms with Gasteiger partial charge in [-0.05, 0) is 39.8 Å². The molecule has 1 amide bonds. The van der Waals surface area contributed by atoms with Crippen LogP contribution >= 0.6 is 0 Å². The number of nitro benzene ring substituents is 1. The Kier molecular flexibility index (Phi) is 6.71. The van der Waals surface area contributed by atoms with Gasteiger partial charge in [0.15, 0.2) is 0 Å². The lowest BCUT2D eigenvalue weighted by atomic mass is 10.1. The van der Waals surface area contributed by atoms with Crippen molar-refractivity contribution in [3.63, 3.8) is 0 Å². The van der Waals surface area contributed by atoms with Crippen LogP contribution in [0.2, 0.25) is 0 Å². The van der Waals surface area contributed by atoms with Gasteiger partial charge in [-0.25, -0.2) is 0 Å². The van der Waals surface area contributed by atoms with Crippen molar-refractivity contribution in [2.45, 2.75) is 52.1 Å². The highest BCUT2D eigenvalue weighted by Gasteiger charge is 2.28. The van der Waals surface area contributed by atoms with Gasteiger partial charge < -0.3 is 19.7 Å². The number of ether oxygens (including phenoxy) is 2. The Labute approximate surface area is 171 Å². The lowest BCUT2D eigenvalue weighted by Crippen LogP contribution is -2.48. The number of carbonyl (C=O) groups excluding carboxylic acids is 1. The molecule has 160 valence electrons. The van der Waals surface area contributed by atoms with Gasteiger partial charge >= 0.3 is 0 Å². The monoisotopic (exact) mass is 406 g/mol. The Morgan fingerprint density at radius 1 is 1.07 bits per heavy atom. The molecule has 9 heteroatoms. The number of carbonyl (C=O) groups is 1. The average Bonchev–Trinajstić information content (AvgIpc) is 2.59. The predicted octanol–water partition coefficient (Wildman–Crippen LogP) is 2.26. The van der Waals surface area contributed by atoms with E-state index in [4.69, 9.17) is 9.47 Å². The summed E-state index contributed by atoms with van der Waals surface area (Å²) in [5, 5.41) is 14.5. The number of nitrogens with one attached hydrogen (secondary N) is 1. The molecule has 29 heavy (non-hydrogen) atoms. The molecule has 2 aliphatic rings. The van der Waals surface area contributed by atoms with Crippen molar-refractivity contribution in [1.29, 1.82) is 0 Å². The second-order valence-corrected chi connectivity index (χ2v) is 8.12. The Morgan fingerprint density at radius 2 is 1.62 bits per heavy atom. The number of hydrogen-bond donors (Lipinski definition) is 1. The van der Waals surface area contributed by atoms with Gasteiger partial charge in [0.1, 0.15) is 5.69 Å². The third-order valence-corrected chi connectivity index (χ3v) is 5.08. The smallest absolute Gasteiger partial charge is 0.294 e. The van der Waals surface area contributed by atoms with Crippen molar-refractivity contribution in [3.8, 4) is 0 Å². The summed E-state index contributed by atoms with van der Waals surface area (Å²) in [5.41, 5.74) is 0.956. The Morgan fingerprint density at radius 3 is 2.17 bits per heavy atom. The fraction of sp³-hybridized carbons (Fsp3) is 0.650. The zero-order valence-corrected chi connectivity index (χ0v) is 17.5. The summed E-state index contributed by atoms with van der Waals surface area (Å²) < 4.78 is 11.4. The van der Waals surface area contributed by atoms with Crippen LogP contribution in [-0.4, -0.2) is 72.9 Å². The Hall–Kier alpha value is -2.23. The van der Waals surface area contributed by atoms with Crippen molar-refractivity contribution in [1.82, 2.24) is 4.90 Å². The zero-order valence-electron chi connectivity index (χ0n) is 17.5. The van der Waals surface area contributed by atoms with Gasteiger partial charge in [-0.2, -0.15) is 0 Å². The number of nitrogens with zero attached hydrogens (tertiary/aromatic N) is 3. The molecule has 1 N–H and O–H groups in total. The highest BCUT2D eigenvalue weighted by atomic mass is 16.6. The zero-order chi connectivity index (χ0) is 21.1. The van der Waals surface area contributed by atoms with E-state index in [1.165, 1.54) is 6.07 Å². The molecule has 0 saturated carbocycles. The summed E-state index contributed by atoms with van der Waals surface area (Å²) in [6.45, 7) is 10.6. The van der Waals surface area contributed by atoms with E-state index in [0.717, 1.165) is 0 Å². The van der Waals surface area contributed by atoms with Gasteiger partial charge in [-0.1, -0.05) is 0 Å². The van der Waals surface area contributed by atoms with Crippen LogP contribution in [0.3, 0.4) is 0 Å². The van der Waals surface area contributed by atoms with Crippen LogP contribution < -0.4 is 10.2 Å². The van der Waals surface area contributed by atoms with Crippen molar-refractivity contribution in [2.75, 3.05) is 42.9 Å². The highest BCUT2D eigenvalue weighted by molar-refractivity contribution is 5.93. The van der Waals surface area contributed by atoms with Crippen LogP contribution in [0, 0.1) is 10.1 Å². The molecule has 0 unspecified atom stereocenters. The van der Waals surface area contributed by atoms with E-state index in [-0.39, 0.29) is 42.6 Å². The van der Waals surface area contributed by atoms with Crippen LogP contribution in [-0.2, 0) is 14.3 Å². The normalized spacial score (nSPS) is 28.2. The summed E-state index contributed by atoms with van der Waals surface area (Å²) in [4.78, 5) is 27.7. The molecule has 3 rings (SSSR count). The molecule has 9 nitrogen and oxygen atoms in total. The maximum Gasteiger partial charge on any atom is 0.294 e. The highest BCUT2D eigenvalue weighted by Crippen LogP contribution is 2.33. The second-order valence-electron chi connectivity index (χ2n) is 8.12. The maximum atomic E-state index is 12.5. The van der Waals surface area contributed by atoms with Gasteiger partial charge in [0.2, 0.25) is 5.91 Å². The quantitative estimate of drug-likeness (QED) is 0.592. The fourth-order valence-corrected chi connectivity index (χ4v) is 4.21. The molecular weight excluding hydrogens is 376 g/mol. The molecule has 4 atom stereocenters. The van der Waals surface area contributed by atoms with Gasteiger partial charge in [-0.15, -0.1) is 0 Å². The molecule has 0 aromatic heterocycles. The van der Waals surface area contributed by atoms with E-state index < -0.39 is 4.92 Å². The molecular formula is C20H30N4O5. The van der Waals surface area contributed by atoms with E-state index in [2.05, 4.69) is 5.32 Å². The molecule has 0 radical (unpaired) electrons.